The van der Waals surface area contributed by atoms with Crippen LogP contribution in [0.15, 0.2) is 24.4 Å². The van der Waals surface area contributed by atoms with Crippen molar-refractivity contribution in [1.29, 1.82) is 0 Å². The molecule has 1 aromatic heterocycles. The number of aromatic nitrogens is 2. The van der Waals surface area contributed by atoms with Crippen LogP contribution in [0.2, 0.25) is 0 Å². The molecule has 1 aliphatic carbocycles. The number of amides is 1. The van der Waals surface area contributed by atoms with E-state index in [0.29, 0.717) is 51.1 Å². The monoisotopic (exact) mass is 561 g/mol. The highest BCUT2D eigenvalue weighted by Gasteiger charge is 2.35. The number of anilines is 4. The number of rotatable bonds is 10. The van der Waals surface area contributed by atoms with Gasteiger partial charge in [0.2, 0.25) is 11.9 Å². The number of likely N-dealkylation sites (N-methyl/N-ethyl adjacent to an activating group) is 1. The van der Waals surface area contributed by atoms with Gasteiger partial charge in [-0.1, -0.05) is 0 Å². The van der Waals surface area contributed by atoms with E-state index < -0.39 is 11.7 Å². The third-order valence-electron chi connectivity index (χ3n) is 7.87. The molecule has 12 heteroatoms. The Morgan fingerprint density at radius 1 is 1.15 bits per heavy atom. The fourth-order valence-corrected chi connectivity index (χ4v) is 5.33. The van der Waals surface area contributed by atoms with Crippen molar-refractivity contribution in [2.45, 2.75) is 50.2 Å². The predicted octanol–water partition coefficient (Wildman–Crippen LogP) is 4.31. The number of hydrogen-bond acceptors (Lipinski definition) is 8. The molecule has 2 aromatic rings. The Hall–Kier alpha value is -3.12. The average molecular weight is 562 g/mol. The molecule has 1 saturated carbocycles. The van der Waals surface area contributed by atoms with E-state index in [-0.39, 0.29) is 24.2 Å². The van der Waals surface area contributed by atoms with Gasteiger partial charge in [0, 0.05) is 56.3 Å². The normalized spacial score (nSPS) is 20.2. The van der Waals surface area contributed by atoms with E-state index in [1.165, 1.54) is 5.69 Å². The lowest BCUT2D eigenvalue weighted by molar-refractivity contribution is -0.137. The zero-order valence-corrected chi connectivity index (χ0v) is 23.1. The van der Waals surface area contributed by atoms with Gasteiger partial charge in [-0.15, -0.1) is 0 Å². The van der Waals surface area contributed by atoms with Gasteiger partial charge >= 0.3 is 6.18 Å². The van der Waals surface area contributed by atoms with Gasteiger partial charge in [-0.2, -0.15) is 18.2 Å². The molecule has 2 saturated heterocycles. The summed E-state index contributed by atoms with van der Waals surface area (Å²) in [6, 6.07) is 6.77. The fraction of sp³-hybridized carbons (Fsp3) is 0.607. The van der Waals surface area contributed by atoms with E-state index in [1.807, 2.05) is 6.07 Å². The summed E-state index contributed by atoms with van der Waals surface area (Å²) >= 11 is 0. The van der Waals surface area contributed by atoms with Gasteiger partial charge in [0.1, 0.15) is 11.4 Å². The lowest BCUT2D eigenvalue weighted by Crippen LogP contribution is -2.33. The minimum atomic E-state index is -4.60. The summed E-state index contributed by atoms with van der Waals surface area (Å²) in [6.07, 6.45) is 0.322. The van der Waals surface area contributed by atoms with Crippen molar-refractivity contribution in [2.75, 3.05) is 75.6 Å². The van der Waals surface area contributed by atoms with Gasteiger partial charge in [0.15, 0.2) is 0 Å². The largest absolute Gasteiger partial charge is 0.421 e. The smallest absolute Gasteiger partial charge is 0.379 e. The predicted molar refractivity (Wildman–Crippen MR) is 148 cm³/mol. The first kappa shape index (κ1) is 28.4. The number of benzene rings is 1. The van der Waals surface area contributed by atoms with E-state index >= 15 is 0 Å². The zero-order chi connectivity index (χ0) is 28.3. The molecule has 218 valence electrons. The summed E-state index contributed by atoms with van der Waals surface area (Å²) in [5.41, 5.74) is 2.22. The lowest BCUT2D eigenvalue weighted by Gasteiger charge is -2.23. The summed E-state index contributed by atoms with van der Waals surface area (Å²) < 4.78 is 46.5. The number of carbonyl (C=O) groups is 1. The standard InChI is InChI=1S/C28H38F3N7O2/c1-36(2)21-8-12-38(18-21)20-6-7-24(22(16-20)19-4-5-19)34-27-33-17-23(28(29,30)31)26(35-27)32-10-3-11-37-13-15-40-14-9-25(37)39/h6-7,16-17,19,21H,3-5,8-15,18H2,1-2H3,(H2,32,33,34,35)/t21-/m0/s1. The van der Waals surface area contributed by atoms with E-state index in [0.717, 1.165) is 49.8 Å². The number of halogens is 3. The molecule has 9 nitrogen and oxygen atoms in total. The summed E-state index contributed by atoms with van der Waals surface area (Å²) in [7, 11) is 4.21. The minimum Gasteiger partial charge on any atom is -0.379 e. The van der Waals surface area contributed by atoms with Crippen LogP contribution in [0.3, 0.4) is 0 Å². The van der Waals surface area contributed by atoms with Crippen LogP contribution in [0.25, 0.3) is 0 Å². The van der Waals surface area contributed by atoms with Crippen molar-refractivity contribution in [3.05, 3.63) is 35.5 Å². The Morgan fingerprint density at radius 3 is 2.70 bits per heavy atom. The van der Waals surface area contributed by atoms with Gasteiger partial charge in [0.25, 0.3) is 0 Å². The van der Waals surface area contributed by atoms with Crippen molar-refractivity contribution in [2.24, 2.45) is 0 Å². The van der Waals surface area contributed by atoms with Crippen molar-refractivity contribution in [1.82, 2.24) is 19.8 Å². The van der Waals surface area contributed by atoms with Crippen molar-refractivity contribution >= 4 is 29.0 Å². The van der Waals surface area contributed by atoms with E-state index in [2.05, 4.69) is 56.6 Å². The number of hydrogen-bond donors (Lipinski definition) is 2. The van der Waals surface area contributed by atoms with Gasteiger partial charge in [-0.05, 0) is 69.5 Å². The zero-order valence-electron chi connectivity index (χ0n) is 23.1. The molecule has 1 aromatic carbocycles. The first-order valence-corrected chi connectivity index (χ1v) is 14.0. The topological polar surface area (TPSA) is 85.9 Å². The first-order valence-electron chi connectivity index (χ1n) is 14.0. The number of nitrogens with zero attached hydrogens (tertiary/aromatic N) is 5. The quantitative estimate of drug-likeness (QED) is 0.416. The highest BCUT2D eigenvalue weighted by Crippen LogP contribution is 2.45. The molecule has 1 atom stereocenters. The molecule has 2 aliphatic heterocycles. The van der Waals surface area contributed by atoms with Gasteiger partial charge in [0.05, 0.1) is 19.6 Å². The van der Waals surface area contributed by atoms with Gasteiger partial charge in [-0.25, -0.2) is 4.98 Å². The molecule has 0 radical (unpaired) electrons. The van der Waals surface area contributed by atoms with Gasteiger partial charge < -0.3 is 30.1 Å². The van der Waals surface area contributed by atoms with E-state index in [4.69, 9.17) is 4.74 Å². The second kappa shape index (κ2) is 12.2. The van der Waals surface area contributed by atoms with Crippen LogP contribution in [0.5, 0.6) is 0 Å². The second-order valence-corrected chi connectivity index (χ2v) is 11.0. The number of alkyl halides is 3. The summed E-state index contributed by atoms with van der Waals surface area (Å²) in [5.74, 6) is 0.265. The Balaban J connectivity index is 1.28. The summed E-state index contributed by atoms with van der Waals surface area (Å²) in [4.78, 5) is 26.7. The minimum absolute atomic E-state index is 0.00161. The Kier molecular flexibility index (Phi) is 8.65. The highest BCUT2D eigenvalue weighted by atomic mass is 19.4. The third-order valence-corrected chi connectivity index (χ3v) is 7.87. The Labute approximate surface area is 233 Å². The molecule has 2 N–H and O–H groups in total. The van der Waals surface area contributed by atoms with Crippen LogP contribution >= 0.6 is 0 Å². The van der Waals surface area contributed by atoms with Crippen LogP contribution in [0.1, 0.15) is 49.1 Å². The van der Waals surface area contributed by atoms with Crippen molar-refractivity contribution in [3.8, 4) is 0 Å². The van der Waals surface area contributed by atoms with Crippen LogP contribution in [0.4, 0.5) is 36.3 Å². The maximum absolute atomic E-state index is 13.7. The maximum Gasteiger partial charge on any atom is 0.421 e. The molecule has 0 spiro atoms. The van der Waals surface area contributed by atoms with E-state index in [9.17, 15) is 18.0 Å². The number of carbonyl (C=O) groups excluding carboxylic acids is 1. The second-order valence-electron chi connectivity index (χ2n) is 11.0. The third kappa shape index (κ3) is 6.95. The fourth-order valence-electron chi connectivity index (χ4n) is 5.33. The number of ether oxygens (including phenoxy) is 1. The molecule has 0 unspecified atom stereocenters. The Bertz CT molecular complexity index is 1190. The van der Waals surface area contributed by atoms with Gasteiger partial charge in [-0.3, -0.25) is 4.79 Å². The van der Waals surface area contributed by atoms with E-state index in [1.54, 1.807) is 4.90 Å². The highest BCUT2D eigenvalue weighted by molar-refractivity contribution is 5.76. The van der Waals surface area contributed by atoms with Crippen LogP contribution in [0, 0.1) is 0 Å². The molecule has 3 fully saturated rings. The average Bonchev–Trinajstić information content (AvgIpc) is 3.67. The lowest BCUT2D eigenvalue weighted by atomic mass is 10.1. The van der Waals surface area contributed by atoms with Crippen LogP contribution in [-0.4, -0.2) is 91.7 Å². The first-order chi connectivity index (χ1) is 19.2. The van der Waals surface area contributed by atoms with Crippen molar-refractivity contribution < 1.29 is 22.7 Å². The summed E-state index contributed by atoms with van der Waals surface area (Å²) in [5, 5.41) is 6.02. The van der Waals surface area contributed by atoms with Crippen LogP contribution < -0.4 is 15.5 Å². The molecule has 5 rings (SSSR count). The van der Waals surface area contributed by atoms with Crippen molar-refractivity contribution in [3.63, 3.8) is 0 Å². The number of nitrogens with one attached hydrogen (secondary N) is 2. The molecule has 3 heterocycles. The molecule has 40 heavy (non-hydrogen) atoms. The Morgan fingerprint density at radius 2 is 1.98 bits per heavy atom. The molecule has 0 bridgehead atoms. The SMILES string of the molecule is CN(C)[C@H]1CCN(c2ccc(Nc3ncc(C(F)(F)F)c(NCCCN4CCOCCC4=O)n3)c(C3CC3)c2)C1. The molecular weight excluding hydrogens is 523 g/mol. The maximum atomic E-state index is 13.7. The molecule has 1 amide bonds. The summed E-state index contributed by atoms with van der Waals surface area (Å²) in [6.45, 7) is 4.00. The molecular formula is C28H38F3N7O2. The molecule has 3 aliphatic rings. The van der Waals surface area contributed by atoms with Crippen LogP contribution in [-0.2, 0) is 15.7 Å².